The van der Waals surface area contributed by atoms with Gasteiger partial charge in [0.1, 0.15) is 0 Å². The molecule has 0 nitrogen and oxygen atoms in total. The Balaban J connectivity index is 5.01. The second-order valence-corrected chi connectivity index (χ2v) is 6.12. The largest absolute Gasteiger partial charge is 0.0654 e. The molecule has 0 aliphatic rings. The molecule has 0 aromatic rings. The van der Waals surface area contributed by atoms with E-state index in [1.54, 1.807) is 0 Å². The number of hydrogen-bond acceptors (Lipinski definition) is 0. The Kier molecular flexibility index (Phi) is 6.67. The standard InChI is InChI=1S/C16H34/c1-8-12-14(5)16(7,11-4)15(6,10-3)13-9-2/h14H,8-13H2,1-7H3. The van der Waals surface area contributed by atoms with E-state index in [4.69, 9.17) is 0 Å². The van der Waals surface area contributed by atoms with Gasteiger partial charge >= 0.3 is 0 Å². The normalized spacial score (nSPS) is 21.2. The summed E-state index contributed by atoms with van der Waals surface area (Å²) >= 11 is 0. The molecule has 0 amide bonds. The van der Waals surface area contributed by atoms with Crippen molar-refractivity contribution in [2.45, 2.75) is 87.0 Å². The Bertz CT molecular complexity index is 184. The van der Waals surface area contributed by atoms with Crippen LogP contribution in [0.15, 0.2) is 0 Å². The van der Waals surface area contributed by atoms with Crippen molar-refractivity contribution in [3.8, 4) is 0 Å². The molecule has 0 N–H and O–H groups in total. The lowest BCUT2D eigenvalue weighted by atomic mass is 9.55. The molecule has 0 radical (unpaired) electrons. The van der Waals surface area contributed by atoms with E-state index in [2.05, 4.69) is 48.5 Å². The molecule has 16 heavy (non-hydrogen) atoms. The first kappa shape index (κ1) is 16.0. The van der Waals surface area contributed by atoms with Crippen LogP contribution in [0, 0.1) is 16.7 Å². The van der Waals surface area contributed by atoms with Crippen LogP contribution in [-0.4, -0.2) is 0 Å². The van der Waals surface area contributed by atoms with Crippen LogP contribution in [0.2, 0.25) is 0 Å². The van der Waals surface area contributed by atoms with E-state index in [0.717, 1.165) is 5.92 Å². The summed E-state index contributed by atoms with van der Waals surface area (Å²) in [5.41, 5.74) is 1.03. The van der Waals surface area contributed by atoms with Gasteiger partial charge in [0.15, 0.2) is 0 Å². The van der Waals surface area contributed by atoms with Gasteiger partial charge in [0.2, 0.25) is 0 Å². The van der Waals surface area contributed by atoms with Gasteiger partial charge in [0.25, 0.3) is 0 Å². The molecule has 3 unspecified atom stereocenters. The molecule has 0 saturated heterocycles. The fraction of sp³-hybridized carbons (Fsp3) is 1.00. The van der Waals surface area contributed by atoms with Gasteiger partial charge in [-0.25, -0.2) is 0 Å². The summed E-state index contributed by atoms with van der Waals surface area (Å²) in [7, 11) is 0. The highest BCUT2D eigenvalue weighted by molar-refractivity contribution is 4.93. The molecule has 0 heteroatoms. The van der Waals surface area contributed by atoms with Gasteiger partial charge in [-0.15, -0.1) is 0 Å². The van der Waals surface area contributed by atoms with Gasteiger partial charge in [0.05, 0.1) is 0 Å². The molecule has 0 spiro atoms. The lowest BCUT2D eigenvalue weighted by molar-refractivity contribution is -0.00708. The van der Waals surface area contributed by atoms with Gasteiger partial charge in [0, 0.05) is 0 Å². The van der Waals surface area contributed by atoms with Crippen LogP contribution in [0.25, 0.3) is 0 Å². The Labute approximate surface area is 104 Å². The van der Waals surface area contributed by atoms with Crippen molar-refractivity contribution in [3.05, 3.63) is 0 Å². The van der Waals surface area contributed by atoms with E-state index in [-0.39, 0.29) is 0 Å². The highest BCUT2D eigenvalue weighted by atomic mass is 14.5. The van der Waals surface area contributed by atoms with Crippen LogP contribution in [0.3, 0.4) is 0 Å². The van der Waals surface area contributed by atoms with Crippen molar-refractivity contribution < 1.29 is 0 Å². The van der Waals surface area contributed by atoms with E-state index in [9.17, 15) is 0 Å². The van der Waals surface area contributed by atoms with E-state index in [1.807, 2.05) is 0 Å². The van der Waals surface area contributed by atoms with Crippen LogP contribution in [0.5, 0.6) is 0 Å². The summed E-state index contributed by atoms with van der Waals surface area (Å²) in [6.07, 6.45) is 8.03. The molecule has 0 bridgehead atoms. The molecular weight excluding hydrogens is 192 g/mol. The van der Waals surface area contributed by atoms with Crippen molar-refractivity contribution >= 4 is 0 Å². The van der Waals surface area contributed by atoms with Crippen molar-refractivity contribution in [2.24, 2.45) is 16.7 Å². The maximum atomic E-state index is 2.53. The van der Waals surface area contributed by atoms with Gasteiger partial charge in [-0.3, -0.25) is 0 Å². The predicted octanol–water partition coefficient (Wildman–Crippen LogP) is 6.06. The molecule has 0 aliphatic heterocycles. The third-order valence-electron chi connectivity index (χ3n) is 5.50. The smallest absolute Gasteiger partial charge is 0.0249 e. The molecule has 3 atom stereocenters. The monoisotopic (exact) mass is 226 g/mol. The zero-order valence-corrected chi connectivity index (χ0v) is 12.8. The highest BCUT2D eigenvalue weighted by Gasteiger charge is 2.44. The maximum Gasteiger partial charge on any atom is -0.0249 e. The molecular formula is C16H34. The predicted molar refractivity (Wildman–Crippen MR) is 75.8 cm³/mol. The second kappa shape index (κ2) is 6.67. The molecule has 0 aromatic carbocycles. The summed E-state index contributed by atoms with van der Waals surface area (Å²) in [6, 6.07) is 0. The lowest BCUT2D eigenvalue weighted by Gasteiger charge is -2.50. The summed E-state index contributed by atoms with van der Waals surface area (Å²) < 4.78 is 0. The van der Waals surface area contributed by atoms with E-state index in [0.29, 0.717) is 10.8 Å². The van der Waals surface area contributed by atoms with Crippen molar-refractivity contribution in [2.75, 3.05) is 0 Å². The average Bonchev–Trinajstić information content (AvgIpc) is 2.28. The van der Waals surface area contributed by atoms with Gasteiger partial charge in [-0.1, -0.05) is 74.1 Å². The van der Waals surface area contributed by atoms with Crippen molar-refractivity contribution in [1.29, 1.82) is 0 Å². The van der Waals surface area contributed by atoms with Crippen molar-refractivity contribution in [3.63, 3.8) is 0 Å². The van der Waals surface area contributed by atoms with Crippen molar-refractivity contribution in [1.82, 2.24) is 0 Å². The molecule has 98 valence electrons. The first-order valence-electron chi connectivity index (χ1n) is 7.41. The van der Waals surface area contributed by atoms with E-state index >= 15 is 0 Å². The molecule has 0 aromatic heterocycles. The molecule has 0 aliphatic carbocycles. The second-order valence-electron chi connectivity index (χ2n) is 6.12. The molecule has 0 rings (SSSR count). The maximum absolute atomic E-state index is 2.53. The number of rotatable bonds is 8. The number of hydrogen-bond donors (Lipinski definition) is 0. The first-order chi connectivity index (χ1) is 7.41. The van der Waals surface area contributed by atoms with Gasteiger partial charge < -0.3 is 0 Å². The highest BCUT2D eigenvalue weighted by Crippen LogP contribution is 2.53. The zero-order valence-electron chi connectivity index (χ0n) is 12.8. The van der Waals surface area contributed by atoms with Crippen LogP contribution in [0.1, 0.15) is 87.0 Å². The minimum absolute atomic E-state index is 0.508. The van der Waals surface area contributed by atoms with Gasteiger partial charge in [-0.2, -0.15) is 0 Å². The van der Waals surface area contributed by atoms with Gasteiger partial charge in [-0.05, 0) is 29.6 Å². The lowest BCUT2D eigenvalue weighted by Crippen LogP contribution is -2.41. The Morgan fingerprint density at radius 3 is 1.75 bits per heavy atom. The molecule has 0 heterocycles. The third kappa shape index (κ3) is 3.02. The van der Waals surface area contributed by atoms with Crippen LogP contribution in [-0.2, 0) is 0 Å². The van der Waals surface area contributed by atoms with Crippen LogP contribution in [0.4, 0.5) is 0 Å². The van der Waals surface area contributed by atoms with Crippen LogP contribution >= 0.6 is 0 Å². The Morgan fingerprint density at radius 2 is 1.44 bits per heavy atom. The third-order valence-corrected chi connectivity index (χ3v) is 5.50. The Hall–Kier alpha value is 0. The van der Waals surface area contributed by atoms with E-state index < -0.39 is 0 Å². The average molecular weight is 226 g/mol. The SMILES string of the molecule is CCCC(C)C(C)(CC)C(C)(CC)CCC. The summed E-state index contributed by atoms with van der Waals surface area (Å²) in [4.78, 5) is 0. The minimum atomic E-state index is 0.508. The molecule has 0 fully saturated rings. The minimum Gasteiger partial charge on any atom is -0.0654 e. The fourth-order valence-corrected chi connectivity index (χ4v) is 3.54. The topological polar surface area (TPSA) is 0 Å². The summed E-state index contributed by atoms with van der Waals surface area (Å²) in [6.45, 7) is 16.9. The first-order valence-corrected chi connectivity index (χ1v) is 7.41. The fourth-order valence-electron chi connectivity index (χ4n) is 3.54. The zero-order chi connectivity index (χ0) is 12.8. The summed E-state index contributed by atoms with van der Waals surface area (Å²) in [5.74, 6) is 0.846. The Morgan fingerprint density at radius 1 is 0.875 bits per heavy atom. The molecule has 0 saturated carbocycles. The summed E-state index contributed by atoms with van der Waals surface area (Å²) in [5, 5.41) is 0. The van der Waals surface area contributed by atoms with Crippen LogP contribution < -0.4 is 0 Å². The van der Waals surface area contributed by atoms with E-state index in [1.165, 1.54) is 38.5 Å². The quantitative estimate of drug-likeness (QED) is 0.472.